The number of rotatable bonds is 7. The van der Waals surface area contributed by atoms with Gasteiger partial charge >= 0.3 is 0 Å². The van der Waals surface area contributed by atoms with Gasteiger partial charge in [0.25, 0.3) is 0 Å². The normalized spacial score (nSPS) is 20.3. The molecule has 0 N–H and O–H groups in total. The van der Waals surface area contributed by atoms with Crippen molar-refractivity contribution in [2.45, 2.75) is 152 Å². The van der Waals surface area contributed by atoms with Gasteiger partial charge in [0.2, 0.25) is 0 Å². The van der Waals surface area contributed by atoms with E-state index in [2.05, 4.69) is 84.9 Å². The molecule has 10 rings (SSSR count). The van der Waals surface area contributed by atoms with Gasteiger partial charge in [-0.2, -0.15) is 0 Å². The van der Waals surface area contributed by atoms with E-state index in [9.17, 15) is 0 Å². The highest BCUT2D eigenvalue weighted by Gasteiger charge is 2.38. The first-order valence-electron chi connectivity index (χ1n) is 22.2. The van der Waals surface area contributed by atoms with Gasteiger partial charge in [-0.25, -0.2) is 0 Å². The SMILES string of the molecule is c1ccc(-c2c3c4c(cccc4c4cc(B(C5CCCCC5)C5CCCCC5)ccc24)Oc2cc(B(C4CCCCC4)C4CCCCC4)ccc2-3)cc1. The summed E-state index contributed by atoms with van der Waals surface area (Å²) in [6.07, 6.45) is 28.2. The fraction of sp³-hybridized carbons (Fsp3) is 0.480. The molecule has 4 fully saturated rings. The number of benzene rings is 5. The summed E-state index contributed by atoms with van der Waals surface area (Å²) < 4.78 is 7.12. The second-order valence-corrected chi connectivity index (χ2v) is 18.1. The molecule has 0 radical (unpaired) electrons. The van der Waals surface area contributed by atoms with Gasteiger partial charge in [-0.1, -0.05) is 235 Å². The van der Waals surface area contributed by atoms with Crippen molar-refractivity contribution >= 4 is 45.9 Å². The van der Waals surface area contributed by atoms with Crippen molar-refractivity contribution in [2.75, 3.05) is 0 Å². The quantitative estimate of drug-likeness (QED) is 0.119. The zero-order valence-corrected chi connectivity index (χ0v) is 32.1. The van der Waals surface area contributed by atoms with Crippen LogP contribution in [-0.2, 0) is 0 Å². The van der Waals surface area contributed by atoms with Crippen LogP contribution in [0.4, 0.5) is 0 Å². The molecule has 1 aliphatic heterocycles. The van der Waals surface area contributed by atoms with E-state index in [1.165, 1.54) is 172 Å². The van der Waals surface area contributed by atoms with E-state index in [1.807, 2.05) is 0 Å². The van der Waals surface area contributed by atoms with Gasteiger partial charge in [-0.15, -0.1) is 0 Å². The summed E-state index contributed by atoms with van der Waals surface area (Å²) in [5.74, 6) is 5.39. The maximum atomic E-state index is 7.12. The van der Waals surface area contributed by atoms with Crippen LogP contribution in [0, 0.1) is 0 Å². The van der Waals surface area contributed by atoms with Gasteiger partial charge in [-0.05, 0) is 39.4 Å². The Hall–Kier alpha value is -3.45. The third-order valence-corrected chi connectivity index (χ3v) is 15.1. The lowest BCUT2D eigenvalue weighted by Crippen LogP contribution is -2.41. The summed E-state index contributed by atoms with van der Waals surface area (Å²) in [6, 6.07) is 33.5. The van der Waals surface area contributed by atoms with Crippen LogP contribution in [0.2, 0.25) is 23.3 Å². The van der Waals surface area contributed by atoms with E-state index in [0.717, 1.165) is 34.8 Å². The molecule has 0 saturated heterocycles. The molecule has 1 heterocycles. The summed E-state index contributed by atoms with van der Waals surface area (Å²) in [6.45, 7) is 1.34. The van der Waals surface area contributed by atoms with Crippen LogP contribution < -0.4 is 15.7 Å². The highest BCUT2D eigenvalue weighted by molar-refractivity contribution is 6.76. The Bertz CT molecular complexity index is 2030. The number of hydrogen-bond donors (Lipinski definition) is 0. The Morgan fingerprint density at radius 3 is 1.49 bits per heavy atom. The highest BCUT2D eigenvalue weighted by atomic mass is 16.5. The smallest absolute Gasteiger partial charge is 0.182 e. The van der Waals surface area contributed by atoms with E-state index in [1.54, 1.807) is 10.9 Å². The number of hydrogen-bond acceptors (Lipinski definition) is 1. The van der Waals surface area contributed by atoms with Crippen molar-refractivity contribution in [1.29, 1.82) is 0 Å². The van der Waals surface area contributed by atoms with Crippen molar-refractivity contribution in [2.24, 2.45) is 0 Å². The minimum atomic E-state index is 0.659. The van der Waals surface area contributed by atoms with Crippen molar-refractivity contribution in [3.8, 4) is 33.8 Å². The van der Waals surface area contributed by atoms with Gasteiger partial charge in [0.05, 0.1) is 0 Å². The Labute approximate surface area is 319 Å². The third kappa shape index (κ3) is 6.37. The molecular weight excluding hydrogens is 638 g/mol. The predicted octanol–water partition coefficient (Wildman–Crippen LogP) is 14.2. The summed E-state index contributed by atoms with van der Waals surface area (Å²) in [5, 5.41) is 5.47. The molecule has 0 aromatic heterocycles. The molecule has 3 heteroatoms. The molecule has 4 aliphatic carbocycles. The minimum absolute atomic E-state index is 0.659. The average Bonchev–Trinajstić information content (AvgIpc) is 3.23. The van der Waals surface area contributed by atoms with Crippen LogP contribution in [0.5, 0.6) is 11.5 Å². The van der Waals surface area contributed by atoms with E-state index in [-0.39, 0.29) is 0 Å². The van der Waals surface area contributed by atoms with Crippen LogP contribution in [0.15, 0.2) is 84.9 Å². The van der Waals surface area contributed by atoms with Crippen LogP contribution in [0.1, 0.15) is 128 Å². The molecule has 53 heavy (non-hydrogen) atoms. The van der Waals surface area contributed by atoms with Gasteiger partial charge in [0.15, 0.2) is 13.4 Å². The Kier molecular flexibility index (Phi) is 9.64. The first-order valence-corrected chi connectivity index (χ1v) is 22.2. The van der Waals surface area contributed by atoms with Gasteiger partial charge in [0.1, 0.15) is 11.5 Å². The van der Waals surface area contributed by atoms with Crippen molar-refractivity contribution in [3.05, 3.63) is 84.9 Å². The highest BCUT2D eigenvalue weighted by Crippen LogP contribution is 2.54. The van der Waals surface area contributed by atoms with Crippen LogP contribution in [-0.4, -0.2) is 13.4 Å². The third-order valence-electron chi connectivity index (χ3n) is 15.1. The second kappa shape index (κ2) is 15.0. The molecule has 5 aromatic rings. The number of ether oxygens (including phenoxy) is 1. The fourth-order valence-electron chi connectivity index (χ4n) is 12.7. The topological polar surface area (TPSA) is 9.23 Å². The zero-order valence-electron chi connectivity index (χ0n) is 32.1. The molecular formula is C50H58B2O. The van der Waals surface area contributed by atoms with Gasteiger partial charge < -0.3 is 4.74 Å². The molecule has 270 valence electrons. The largest absolute Gasteiger partial charge is 0.456 e. The lowest BCUT2D eigenvalue weighted by Gasteiger charge is -2.36. The van der Waals surface area contributed by atoms with Crippen LogP contribution >= 0.6 is 0 Å². The maximum Gasteiger partial charge on any atom is 0.182 e. The molecule has 0 unspecified atom stereocenters. The van der Waals surface area contributed by atoms with Gasteiger partial charge in [0, 0.05) is 16.5 Å². The van der Waals surface area contributed by atoms with E-state index in [0.29, 0.717) is 13.4 Å². The predicted molar refractivity (Wildman–Crippen MR) is 231 cm³/mol. The lowest BCUT2D eigenvalue weighted by atomic mass is 9.27. The molecule has 0 bridgehead atoms. The van der Waals surface area contributed by atoms with E-state index in [4.69, 9.17) is 4.74 Å². The summed E-state index contributed by atoms with van der Waals surface area (Å²) in [4.78, 5) is 0. The summed E-state index contributed by atoms with van der Waals surface area (Å²) >= 11 is 0. The Morgan fingerprint density at radius 1 is 0.396 bits per heavy atom. The lowest BCUT2D eigenvalue weighted by molar-refractivity contribution is 0.464. The van der Waals surface area contributed by atoms with Crippen LogP contribution in [0.3, 0.4) is 0 Å². The first-order chi connectivity index (χ1) is 26.3. The molecule has 5 aliphatic rings. The molecule has 4 saturated carbocycles. The minimum Gasteiger partial charge on any atom is -0.456 e. The Balaban J connectivity index is 1.15. The molecule has 5 aromatic carbocycles. The standard InChI is InChI=1S/C50H58B2O/c1-6-17-35(18-7-1)48-43-31-29-40(51(36-19-8-2-9-20-36)37-21-10-3-11-22-37)33-45(43)42-27-16-28-46-49(42)50(48)44-32-30-41(34-47(44)53-46)52(38-23-12-4-13-24-38)39-25-14-5-15-26-39/h1,6-7,16-18,27-34,36-39H,2-5,8-15,19-26H2. The van der Waals surface area contributed by atoms with E-state index < -0.39 is 0 Å². The fourth-order valence-corrected chi connectivity index (χ4v) is 12.7. The zero-order chi connectivity index (χ0) is 35.1. The second-order valence-electron chi connectivity index (χ2n) is 18.1. The van der Waals surface area contributed by atoms with Crippen molar-refractivity contribution in [1.82, 2.24) is 0 Å². The molecule has 1 nitrogen and oxygen atoms in total. The number of fused-ring (bicyclic) bond motifs is 4. The van der Waals surface area contributed by atoms with E-state index >= 15 is 0 Å². The summed E-state index contributed by atoms with van der Waals surface area (Å²) in [5.41, 5.74) is 8.49. The van der Waals surface area contributed by atoms with Crippen molar-refractivity contribution in [3.63, 3.8) is 0 Å². The Morgan fingerprint density at radius 2 is 0.925 bits per heavy atom. The average molecular weight is 697 g/mol. The monoisotopic (exact) mass is 696 g/mol. The summed E-state index contributed by atoms with van der Waals surface area (Å²) in [7, 11) is 0. The molecule has 0 atom stereocenters. The first kappa shape index (κ1) is 34.1. The van der Waals surface area contributed by atoms with Crippen molar-refractivity contribution < 1.29 is 4.74 Å². The maximum absolute atomic E-state index is 7.12. The molecule has 0 amide bonds. The van der Waals surface area contributed by atoms with Crippen LogP contribution in [0.25, 0.3) is 43.8 Å². The van der Waals surface area contributed by atoms with Gasteiger partial charge in [-0.3, -0.25) is 0 Å². The molecule has 0 spiro atoms.